The van der Waals surface area contributed by atoms with Crippen LogP contribution in [0.2, 0.25) is 0 Å². The maximum absolute atomic E-state index is 13.1. The van der Waals surface area contributed by atoms with Crippen LogP contribution >= 0.6 is 0 Å². The zero-order valence-electron chi connectivity index (χ0n) is 19.7. The minimum Gasteiger partial charge on any atom is -0.444 e. The molecule has 0 saturated heterocycles. The summed E-state index contributed by atoms with van der Waals surface area (Å²) in [5.74, 6) is 0. The molecule has 1 N–H and O–H groups in total. The van der Waals surface area contributed by atoms with E-state index < -0.39 is 0 Å². The van der Waals surface area contributed by atoms with Crippen molar-refractivity contribution in [2.24, 2.45) is 0 Å². The van der Waals surface area contributed by atoms with Crippen LogP contribution in [0, 0.1) is 0 Å². The van der Waals surface area contributed by atoms with Gasteiger partial charge in [-0.05, 0) is 47.0 Å². The second-order valence-corrected chi connectivity index (χ2v) is 8.43. The fourth-order valence-electron chi connectivity index (χ4n) is 3.91. The van der Waals surface area contributed by atoms with Crippen LogP contribution in [0.5, 0.6) is 0 Å². The Balaban J connectivity index is 1.28. The van der Waals surface area contributed by atoms with Crippen LogP contribution in [-0.4, -0.2) is 16.1 Å². The molecule has 5 aromatic rings. The van der Waals surface area contributed by atoms with Gasteiger partial charge in [0.15, 0.2) is 0 Å². The summed E-state index contributed by atoms with van der Waals surface area (Å²) >= 11 is 0. The van der Waals surface area contributed by atoms with Gasteiger partial charge < -0.3 is 10.1 Å². The Hall–Kier alpha value is -4.71. The van der Waals surface area contributed by atoms with Gasteiger partial charge in [-0.1, -0.05) is 72.8 Å². The first-order valence-electron chi connectivity index (χ1n) is 11.8. The fraction of sp³-hybridized carbons (Fsp3) is 0.100. The van der Waals surface area contributed by atoms with Crippen LogP contribution in [0.3, 0.4) is 0 Å². The lowest BCUT2D eigenvalue weighted by molar-refractivity contribution is 0.146. The van der Waals surface area contributed by atoms with E-state index in [1.165, 1.54) is 0 Å². The molecule has 6 nitrogen and oxygen atoms in total. The highest BCUT2D eigenvalue weighted by atomic mass is 16.6. The molecular weight excluding hydrogens is 448 g/mol. The normalized spacial score (nSPS) is 10.7. The first-order chi connectivity index (χ1) is 17.7. The molecule has 0 spiro atoms. The smallest absolute Gasteiger partial charge is 0.414 e. The number of hydrogen-bond donors (Lipinski definition) is 1. The van der Waals surface area contributed by atoms with Crippen molar-refractivity contribution in [1.82, 2.24) is 9.97 Å². The number of nitrogens with one attached hydrogen (secondary N) is 1. The third kappa shape index (κ3) is 5.85. The van der Waals surface area contributed by atoms with Gasteiger partial charge in [0.1, 0.15) is 12.9 Å². The van der Waals surface area contributed by atoms with E-state index in [1.807, 2.05) is 103 Å². The van der Waals surface area contributed by atoms with Gasteiger partial charge in [0, 0.05) is 29.5 Å². The Bertz CT molecular complexity index is 1420. The third-order valence-electron chi connectivity index (χ3n) is 5.86. The molecule has 0 fully saturated rings. The van der Waals surface area contributed by atoms with Gasteiger partial charge in [0.05, 0.1) is 12.1 Å². The van der Waals surface area contributed by atoms with E-state index in [-0.39, 0.29) is 12.7 Å². The van der Waals surface area contributed by atoms with Gasteiger partial charge >= 0.3 is 6.09 Å². The number of hydrogen-bond acceptors (Lipinski definition) is 5. The predicted octanol–water partition coefficient (Wildman–Crippen LogP) is 6.59. The van der Waals surface area contributed by atoms with Crippen molar-refractivity contribution in [2.45, 2.75) is 19.7 Å². The van der Waals surface area contributed by atoms with Crippen molar-refractivity contribution in [3.8, 4) is 0 Å². The molecule has 1 amide bonds. The molecule has 0 aliphatic rings. The van der Waals surface area contributed by atoms with Crippen LogP contribution in [0.1, 0.15) is 16.7 Å². The van der Waals surface area contributed by atoms with Gasteiger partial charge in [-0.25, -0.2) is 14.8 Å². The summed E-state index contributed by atoms with van der Waals surface area (Å²) in [6.07, 6.45) is 2.97. The number of carbonyl (C=O) groups is 1. The topological polar surface area (TPSA) is 67.3 Å². The lowest BCUT2D eigenvalue weighted by atomic mass is 10.1. The van der Waals surface area contributed by atoms with Gasteiger partial charge in [-0.3, -0.25) is 4.90 Å². The SMILES string of the molecule is O=C(OCc1ccccc1)N(Cc1ccccc1)c1ccc(CNc2ccc3cncnc3c2)cc1. The van der Waals surface area contributed by atoms with Crippen molar-refractivity contribution >= 4 is 28.4 Å². The van der Waals surface area contributed by atoms with Crippen LogP contribution < -0.4 is 10.2 Å². The van der Waals surface area contributed by atoms with E-state index in [4.69, 9.17) is 4.74 Å². The second kappa shape index (κ2) is 11.1. The number of carbonyl (C=O) groups excluding carboxylic acids is 1. The zero-order chi connectivity index (χ0) is 24.6. The van der Waals surface area contributed by atoms with Crippen LogP contribution in [0.4, 0.5) is 16.2 Å². The van der Waals surface area contributed by atoms with E-state index in [2.05, 4.69) is 15.3 Å². The molecule has 0 aliphatic carbocycles. The highest BCUT2D eigenvalue weighted by molar-refractivity contribution is 5.87. The average molecular weight is 475 g/mol. The molecule has 4 aromatic carbocycles. The van der Waals surface area contributed by atoms with Gasteiger partial charge in [-0.15, -0.1) is 0 Å². The second-order valence-electron chi connectivity index (χ2n) is 8.43. The summed E-state index contributed by atoms with van der Waals surface area (Å²) < 4.78 is 5.65. The predicted molar refractivity (Wildman–Crippen MR) is 143 cm³/mol. The summed E-state index contributed by atoms with van der Waals surface area (Å²) in [5.41, 5.74) is 5.74. The van der Waals surface area contributed by atoms with E-state index in [9.17, 15) is 4.79 Å². The number of benzene rings is 4. The van der Waals surface area contributed by atoms with E-state index in [0.717, 1.165) is 39.0 Å². The number of rotatable bonds is 8. The minimum absolute atomic E-state index is 0.226. The molecule has 0 saturated carbocycles. The number of fused-ring (bicyclic) bond motifs is 1. The van der Waals surface area contributed by atoms with Gasteiger partial charge in [-0.2, -0.15) is 0 Å². The Kier molecular flexibility index (Phi) is 7.14. The molecule has 178 valence electrons. The molecule has 6 heteroatoms. The van der Waals surface area contributed by atoms with E-state index >= 15 is 0 Å². The molecule has 0 radical (unpaired) electrons. The maximum Gasteiger partial charge on any atom is 0.414 e. The fourth-order valence-corrected chi connectivity index (χ4v) is 3.91. The van der Waals surface area contributed by atoms with Crippen molar-refractivity contribution in [3.63, 3.8) is 0 Å². The largest absolute Gasteiger partial charge is 0.444 e. The van der Waals surface area contributed by atoms with Crippen LogP contribution in [0.15, 0.2) is 116 Å². The monoisotopic (exact) mass is 474 g/mol. The Morgan fingerprint density at radius 2 is 1.53 bits per heavy atom. The minimum atomic E-state index is -0.383. The molecule has 1 aromatic heterocycles. The first kappa shape index (κ1) is 23.1. The highest BCUT2D eigenvalue weighted by Gasteiger charge is 2.18. The Morgan fingerprint density at radius 3 is 2.28 bits per heavy atom. The number of aromatic nitrogens is 2. The van der Waals surface area contributed by atoms with Crippen LogP contribution in [0.25, 0.3) is 10.9 Å². The molecule has 0 atom stereocenters. The van der Waals surface area contributed by atoms with E-state index in [0.29, 0.717) is 13.1 Å². The zero-order valence-corrected chi connectivity index (χ0v) is 19.7. The number of anilines is 2. The number of nitrogens with zero attached hydrogens (tertiary/aromatic N) is 3. The number of ether oxygens (including phenoxy) is 1. The Morgan fingerprint density at radius 1 is 0.806 bits per heavy atom. The summed E-state index contributed by atoms with van der Waals surface area (Å²) in [6.45, 7) is 1.29. The summed E-state index contributed by atoms with van der Waals surface area (Å²) in [4.78, 5) is 23.1. The molecule has 1 heterocycles. The lowest BCUT2D eigenvalue weighted by Gasteiger charge is -2.23. The molecule has 36 heavy (non-hydrogen) atoms. The Labute approximate surface area is 210 Å². The molecular formula is C30H26N4O2. The summed E-state index contributed by atoms with van der Waals surface area (Å²) in [5, 5.41) is 4.44. The number of amides is 1. The van der Waals surface area contributed by atoms with Gasteiger partial charge in [0.2, 0.25) is 0 Å². The standard InChI is InChI=1S/C30H26N4O2/c35-30(36-21-25-9-5-2-6-10-25)34(20-24-7-3-1-4-8-24)28-15-11-23(12-16-28)18-32-27-14-13-26-19-31-22-33-29(26)17-27/h1-17,19,22,32H,18,20-21H2. The van der Waals surface area contributed by atoms with E-state index in [1.54, 1.807) is 17.4 Å². The van der Waals surface area contributed by atoms with Crippen molar-refractivity contribution in [3.05, 3.63) is 132 Å². The average Bonchev–Trinajstić information content (AvgIpc) is 2.95. The molecule has 0 aliphatic heterocycles. The lowest BCUT2D eigenvalue weighted by Crippen LogP contribution is -2.31. The van der Waals surface area contributed by atoms with Crippen LogP contribution in [-0.2, 0) is 24.4 Å². The van der Waals surface area contributed by atoms with Crippen molar-refractivity contribution < 1.29 is 9.53 Å². The summed E-state index contributed by atoms with van der Waals surface area (Å²) in [7, 11) is 0. The quantitative estimate of drug-likeness (QED) is 0.275. The van der Waals surface area contributed by atoms with Gasteiger partial charge in [0.25, 0.3) is 0 Å². The third-order valence-corrected chi connectivity index (χ3v) is 5.86. The summed E-state index contributed by atoms with van der Waals surface area (Å²) in [6, 6.07) is 33.6. The van der Waals surface area contributed by atoms with Crippen molar-refractivity contribution in [2.75, 3.05) is 10.2 Å². The molecule has 0 unspecified atom stereocenters. The van der Waals surface area contributed by atoms with Crippen molar-refractivity contribution in [1.29, 1.82) is 0 Å². The highest BCUT2D eigenvalue weighted by Crippen LogP contribution is 2.22. The molecule has 5 rings (SSSR count). The first-order valence-corrected chi connectivity index (χ1v) is 11.8. The maximum atomic E-state index is 13.1. The molecule has 0 bridgehead atoms.